The van der Waals surface area contributed by atoms with Gasteiger partial charge in [0.1, 0.15) is 0 Å². The van der Waals surface area contributed by atoms with E-state index in [-0.39, 0.29) is 0 Å². The molecule has 8 rings (SSSR count). The molecule has 3 aromatic carbocycles. The minimum Gasteiger partial charge on any atom is -0.115 e. The molecular weight excluding hydrogens is 444 g/mol. The summed E-state index contributed by atoms with van der Waals surface area (Å²) in [4.78, 5) is 0. The van der Waals surface area contributed by atoms with Crippen LogP contribution in [0.15, 0.2) is 101 Å². The maximum atomic E-state index is 6.17. The SMILES string of the molecule is C#CC1=C2CCCC2=C(C2CCC(C3c4ccccc4-c4ccccc43)CC2)C2C1=Cc1ccccc12. The molecule has 0 N–H and O–H groups in total. The fourth-order valence-corrected chi connectivity index (χ4v) is 8.68. The third-order valence-corrected chi connectivity index (χ3v) is 10.1. The quantitative estimate of drug-likeness (QED) is 0.323. The summed E-state index contributed by atoms with van der Waals surface area (Å²) in [5, 5.41) is 0. The third kappa shape index (κ3) is 3.04. The van der Waals surface area contributed by atoms with E-state index in [1.165, 1.54) is 77.5 Å². The Bertz CT molecular complexity index is 1530. The van der Waals surface area contributed by atoms with Gasteiger partial charge < -0.3 is 0 Å². The van der Waals surface area contributed by atoms with Crippen molar-refractivity contribution in [3.8, 4) is 23.5 Å². The van der Waals surface area contributed by atoms with Crippen LogP contribution < -0.4 is 0 Å². The highest BCUT2D eigenvalue weighted by atomic mass is 14.5. The van der Waals surface area contributed by atoms with Gasteiger partial charge in [-0.1, -0.05) is 84.3 Å². The van der Waals surface area contributed by atoms with Crippen LogP contribution in [0.5, 0.6) is 0 Å². The van der Waals surface area contributed by atoms with E-state index >= 15 is 0 Å². The first-order valence-electron chi connectivity index (χ1n) is 14.3. The van der Waals surface area contributed by atoms with Crippen molar-refractivity contribution in [2.45, 2.75) is 56.8 Å². The summed E-state index contributed by atoms with van der Waals surface area (Å²) in [5.41, 5.74) is 16.4. The van der Waals surface area contributed by atoms with Crippen LogP contribution >= 0.6 is 0 Å². The van der Waals surface area contributed by atoms with E-state index in [1.807, 2.05) is 0 Å². The zero-order valence-electron chi connectivity index (χ0n) is 21.3. The fraction of sp³-hybridized carbons (Fsp3) is 0.297. The molecule has 0 heteroatoms. The Hall–Kier alpha value is -3.56. The van der Waals surface area contributed by atoms with Crippen molar-refractivity contribution in [1.82, 2.24) is 0 Å². The van der Waals surface area contributed by atoms with Crippen molar-refractivity contribution in [2.24, 2.45) is 11.8 Å². The lowest BCUT2D eigenvalue weighted by Crippen LogP contribution is -2.26. The number of benzene rings is 3. The summed E-state index contributed by atoms with van der Waals surface area (Å²) in [5.74, 6) is 5.47. The largest absolute Gasteiger partial charge is 0.115 e. The maximum absolute atomic E-state index is 6.17. The van der Waals surface area contributed by atoms with E-state index in [0.717, 1.165) is 12.3 Å². The number of hydrogen-bond acceptors (Lipinski definition) is 0. The summed E-state index contributed by atoms with van der Waals surface area (Å²) < 4.78 is 0. The van der Waals surface area contributed by atoms with Crippen LogP contribution in [-0.4, -0.2) is 0 Å². The Labute approximate surface area is 220 Å². The Morgan fingerprint density at radius 3 is 2.00 bits per heavy atom. The topological polar surface area (TPSA) is 0 Å². The molecule has 1 atom stereocenters. The van der Waals surface area contributed by atoms with E-state index in [2.05, 4.69) is 84.8 Å². The highest BCUT2D eigenvalue weighted by Gasteiger charge is 2.43. The molecule has 180 valence electrons. The number of hydrogen-bond donors (Lipinski definition) is 0. The van der Waals surface area contributed by atoms with Crippen molar-refractivity contribution >= 4 is 6.08 Å². The second kappa shape index (κ2) is 8.22. The smallest absolute Gasteiger partial charge is 0.0326 e. The molecule has 0 nitrogen and oxygen atoms in total. The molecular formula is C37H32. The number of allylic oxidation sites excluding steroid dienone is 5. The Morgan fingerprint density at radius 2 is 1.30 bits per heavy atom. The normalized spacial score (nSPS) is 25.7. The summed E-state index contributed by atoms with van der Waals surface area (Å²) in [6.45, 7) is 0. The second-order valence-corrected chi connectivity index (χ2v) is 11.7. The van der Waals surface area contributed by atoms with Crippen LogP contribution in [0.4, 0.5) is 0 Å². The molecule has 0 aromatic heterocycles. The van der Waals surface area contributed by atoms with Gasteiger partial charge in [-0.3, -0.25) is 0 Å². The van der Waals surface area contributed by atoms with Gasteiger partial charge in [-0.25, -0.2) is 0 Å². The predicted octanol–water partition coefficient (Wildman–Crippen LogP) is 9.21. The highest BCUT2D eigenvalue weighted by Crippen LogP contribution is 2.59. The van der Waals surface area contributed by atoms with E-state index in [1.54, 1.807) is 22.3 Å². The van der Waals surface area contributed by atoms with Crippen LogP contribution in [-0.2, 0) is 0 Å². The molecule has 1 unspecified atom stereocenters. The van der Waals surface area contributed by atoms with Crippen molar-refractivity contribution in [3.63, 3.8) is 0 Å². The standard InChI is InChI=1S/C37H32/c1-2-26-28-16-9-17-33(28)36(37-27-11-4-3-10-25(27)22-34(26)37)24-20-18-23(19-21-24)35-31-14-7-5-12-29(31)30-13-6-8-15-32(30)35/h1,3-8,10-15,22-24,35,37H,9,16-21H2. The van der Waals surface area contributed by atoms with Crippen molar-refractivity contribution < 1.29 is 0 Å². The Balaban J connectivity index is 1.15. The van der Waals surface area contributed by atoms with Crippen molar-refractivity contribution in [2.75, 3.05) is 0 Å². The summed E-state index contributed by atoms with van der Waals surface area (Å²) in [6, 6.07) is 27.3. The summed E-state index contributed by atoms with van der Waals surface area (Å²) >= 11 is 0. The number of terminal acetylenes is 1. The average molecular weight is 477 g/mol. The van der Waals surface area contributed by atoms with Gasteiger partial charge in [0.05, 0.1) is 0 Å². The Kier molecular flexibility index (Phi) is 4.78. The maximum Gasteiger partial charge on any atom is 0.0326 e. The van der Waals surface area contributed by atoms with Gasteiger partial charge in [-0.05, 0) is 113 Å². The lowest BCUT2D eigenvalue weighted by molar-refractivity contribution is 0.275. The van der Waals surface area contributed by atoms with E-state index in [4.69, 9.17) is 6.42 Å². The summed E-state index contributed by atoms with van der Waals surface area (Å²) in [6.07, 6.45) is 17.4. The van der Waals surface area contributed by atoms with E-state index in [9.17, 15) is 0 Å². The first kappa shape index (κ1) is 21.5. The predicted molar refractivity (Wildman–Crippen MR) is 153 cm³/mol. The summed E-state index contributed by atoms with van der Waals surface area (Å²) in [7, 11) is 0. The van der Waals surface area contributed by atoms with Crippen LogP contribution in [0.1, 0.15) is 79.0 Å². The van der Waals surface area contributed by atoms with E-state index in [0.29, 0.717) is 17.8 Å². The van der Waals surface area contributed by atoms with Gasteiger partial charge in [-0.2, -0.15) is 0 Å². The van der Waals surface area contributed by atoms with Gasteiger partial charge in [0.15, 0.2) is 0 Å². The lowest BCUT2D eigenvalue weighted by Gasteiger charge is -2.39. The zero-order chi connectivity index (χ0) is 24.5. The number of fused-ring (bicyclic) bond motifs is 7. The molecule has 2 fully saturated rings. The van der Waals surface area contributed by atoms with Gasteiger partial charge >= 0.3 is 0 Å². The van der Waals surface area contributed by atoms with Gasteiger partial charge in [0.25, 0.3) is 0 Å². The van der Waals surface area contributed by atoms with Crippen LogP contribution in [0, 0.1) is 24.2 Å². The van der Waals surface area contributed by atoms with Gasteiger partial charge in [0, 0.05) is 17.4 Å². The Morgan fingerprint density at radius 1 is 0.676 bits per heavy atom. The molecule has 3 aromatic rings. The minimum absolute atomic E-state index is 0.383. The molecule has 0 spiro atoms. The number of rotatable bonds is 2. The first-order valence-corrected chi connectivity index (χ1v) is 14.3. The molecule has 2 saturated carbocycles. The van der Waals surface area contributed by atoms with Crippen LogP contribution in [0.3, 0.4) is 0 Å². The average Bonchev–Trinajstić information content (AvgIpc) is 3.66. The lowest BCUT2D eigenvalue weighted by atomic mass is 9.65. The molecule has 0 radical (unpaired) electrons. The molecule has 0 heterocycles. The monoisotopic (exact) mass is 476 g/mol. The first-order chi connectivity index (χ1) is 18.3. The molecule has 5 aliphatic carbocycles. The fourth-order valence-electron chi connectivity index (χ4n) is 8.68. The molecule has 0 aliphatic heterocycles. The van der Waals surface area contributed by atoms with E-state index < -0.39 is 0 Å². The van der Waals surface area contributed by atoms with Gasteiger partial charge in [0.2, 0.25) is 0 Å². The molecule has 37 heavy (non-hydrogen) atoms. The van der Waals surface area contributed by atoms with Crippen molar-refractivity contribution in [3.05, 3.63) is 123 Å². The zero-order valence-corrected chi connectivity index (χ0v) is 21.3. The molecule has 0 amide bonds. The second-order valence-electron chi connectivity index (χ2n) is 11.7. The molecule has 0 bridgehead atoms. The molecule has 5 aliphatic rings. The minimum atomic E-state index is 0.383. The molecule has 0 saturated heterocycles. The van der Waals surface area contributed by atoms with Gasteiger partial charge in [-0.15, -0.1) is 6.42 Å². The van der Waals surface area contributed by atoms with Crippen molar-refractivity contribution in [1.29, 1.82) is 0 Å². The van der Waals surface area contributed by atoms with Crippen LogP contribution in [0.25, 0.3) is 17.2 Å². The van der Waals surface area contributed by atoms with Crippen LogP contribution in [0.2, 0.25) is 0 Å². The third-order valence-electron chi connectivity index (χ3n) is 10.1. The highest BCUT2D eigenvalue weighted by molar-refractivity contribution is 5.81.